The molecular weight excluding hydrogens is 327 g/mol. The quantitative estimate of drug-likeness (QED) is 0.675. The molecule has 0 unspecified atom stereocenters. The summed E-state index contributed by atoms with van der Waals surface area (Å²) < 4.78 is 2.73. The SMILES string of the molecule is Ic1ccc2nnc(Cc3ccccc3)n2n1. The first-order chi connectivity index (χ1) is 8.33. The number of halogens is 1. The second-order valence-corrected chi connectivity index (χ2v) is 4.81. The summed E-state index contributed by atoms with van der Waals surface area (Å²) in [4.78, 5) is 0. The van der Waals surface area contributed by atoms with Crippen LogP contribution in [0.5, 0.6) is 0 Å². The number of fused-ring (bicyclic) bond motifs is 1. The maximum absolute atomic E-state index is 4.41. The third kappa shape index (κ3) is 2.14. The lowest BCUT2D eigenvalue weighted by Crippen LogP contribution is -2.01. The minimum absolute atomic E-state index is 0.745. The fourth-order valence-corrected chi connectivity index (χ4v) is 2.10. The minimum Gasteiger partial charge on any atom is -0.196 e. The van der Waals surface area contributed by atoms with Crippen molar-refractivity contribution in [2.75, 3.05) is 0 Å². The zero-order chi connectivity index (χ0) is 11.7. The zero-order valence-corrected chi connectivity index (χ0v) is 11.1. The largest absolute Gasteiger partial charge is 0.196 e. The molecule has 0 N–H and O–H groups in total. The van der Waals surface area contributed by atoms with Gasteiger partial charge < -0.3 is 0 Å². The molecule has 2 aromatic heterocycles. The lowest BCUT2D eigenvalue weighted by Gasteiger charge is -1.99. The van der Waals surface area contributed by atoms with Crippen molar-refractivity contribution >= 4 is 28.2 Å². The summed E-state index contributed by atoms with van der Waals surface area (Å²) >= 11 is 2.19. The first-order valence-corrected chi connectivity index (χ1v) is 6.31. The van der Waals surface area contributed by atoms with Crippen LogP contribution in [0.15, 0.2) is 42.5 Å². The average Bonchev–Trinajstić information content (AvgIpc) is 2.73. The Hall–Kier alpha value is -1.50. The Kier molecular flexibility index (Phi) is 2.76. The Morgan fingerprint density at radius 2 is 1.82 bits per heavy atom. The highest BCUT2D eigenvalue weighted by atomic mass is 127. The van der Waals surface area contributed by atoms with E-state index in [1.54, 1.807) is 4.52 Å². The molecule has 0 saturated heterocycles. The maximum atomic E-state index is 4.41. The number of rotatable bonds is 2. The number of benzene rings is 1. The lowest BCUT2D eigenvalue weighted by molar-refractivity contribution is 0.826. The van der Waals surface area contributed by atoms with Crippen molar-refractivity contribution in [2.45, 2.75) is 6.42 Å². The van der Waals surface area contributed by atoms with Crippen molar-refractivity contribution in [3.63, 3.8) is 0 Å². The molecule has 0 spiro atoms. The normalized spacial score (nSPS) is 10.9. The van der Waals surface area contributed by atoms with Gasteiger partial charge in [-0.15, -0.1) is 10.2 Å². The Labute approximate surface area is 112 Å². The lowest BCUT2D eigenvalue weighted by atomic mass is 10.1. The highest BCUT2D eigenvalue weighted by molar-refractivity contribution is 14.1. The van der Waals surface area contributed by atoms with Crippen molar-refractivity contribution in [3.8, 4) is 0 Å². The molecule has 0 bridgehead atoms. The van der Waals surface area contributed by atoms with Gasteiger partial charge in [0, 0.05) is 6.42 Å². The van der Waals surface area contributed by atoms with Crippen LogP contribution < -0.4 is 0 Å². The Balaban J connectivity index is 2.03. The van der Waals surface area contributed by atoms with Gasteiger partial charge in [-0.1, -0.05) is 30.3 Å². The highest BCUT2D eigenvalue weighted by Gasteiger charge is 2.07. The number of aromatic nitrogens is 4. The van der Waals surface area contributed by atoms with E-state index in [2.05, 4.69) is 50.0 Å². The average molecular weight is 336 g/mol. The van der Waals surface area contributed by atoms with Crippen LogP contribution in [0.25, 0.3) is 5.65 Å². The molecule has 5 heteroatoms. The van der Waals surface area contributed by atoms with Gasteiger partial charge in [-0.25, -0.2) is 0 Å². The molecule has 0 radical (unpaired) electrons. The molecule has 0 aliphatic heterocycles. The summed E-state index contributed by atoms with van der Waals surface area (Å²) in [5.41, 5.74) is 2.00. The van der Waals surface area contributed by atoms with E-state index >= 15 is 0 Å². The molecule has 0 amide bonds. The van der Waals surface area contributed by atoms with Crippen LogP contribution in [0.2, 0.25) is 0 Å². The smallest absolute Gasteiger partial charge is 0.177 e. The van der Waals surface area contributed by atoms with Gasteiger partial charge in [-0.05, 0) is 40.3 Å². The third-order valence-electron chi connectivity index (χ3n) is 2.50. The van der Waals surface area contributed by atoms with Gasteiger partial charge in [0.15, 0.2) is 11.5 Å². The van der Waals surface area contributed by atoms with Crippen LogP contribution in [0.4, 0.5) is 0 Å². The molecule has 2 heterocycles. The number of nitrogens with zero attached hydrogens (tertiary/aromatic N) is 4. The van der Waals surface area contributed by atoms with Gasteiger partial charge in [-0.3, -0.25) is 0 Å². The summed E-state index contributed by atoms with van der Waals surface area (Å²) in [5, 5.41) is 12.7. The third-order valence-corrected chi connectivity index (χ3v) is 3.08. The van der Waals surface area contributed by atoms with Crippen molar-refractivity contribution in [2.24, 2.45) is 0 Å². The molecule has 3 rings (SSSR count). The second kappa shape index (κ2) is 4.40. The zero-order valence-electron chi connectivity index (χ0n) is 8.92. The Morgan fingerprint density at radius 3 is 2.65 bits per heavy atom. The van der Waals surface area contributed by atoms with Gasteiger partial charge in [0.25, 0.3) is 0 Å². The van der Waals surface area contributed by atoms with Gasteiger partial charge in [0.1, 0.15) is 3.70 Å². The van der Waals surface area contributed by atoms with Gasteiger partial charge in [-0.2, -0.15) is 9.61 Å². The van der Waals surface area contributed by atoms with Gasteiger partial charge in [0.2, 0.25) is 0 Å². The Morgan fingerprint density at radius 1 is 1.00 bits per heavy atom. The van der Waals surface area contributed by atoms with Crippen LogP contribution in [-0.4, -0.2) is 19.8 Å². The summed E-state index contributed by atoms with van der Waals surface area (Å²) in [6.45, 7) is 0. The topological polar surface area (TPSA) is 43.1 Å². The van der Waals surface area contributed by atoms with Crippen LogP contribution in [0, 0.1) is 3.70 Å². The summed E-state index contributed by atoms with van der Waals surface area (Å²) in [5.74, 6) is 0.865. The van der Waals surface area contributed by atoms with Crippen LogP contribution in [0.1, 0.15) is 11.4 Å². The predicted molar refractivity (Wildman–Crippen MR) is 72.7 cm³/mol. The van der Waals surface area contributed by atoms with E-state index in [0.29, 0.717) is 0 Å². The first kappa shape index (κ1) is 10.6. The van der Waals surface area contributed by atoms with E-state index in [1.165, 1.54) is 5.56 Å². The number of hydrogen-bond donors (Lipinski definition) is 0. The molecule has 0 fully saturated rings. The first-order valence-electron chi connectivity index (χ1n) is 5.24. The maximum Gasteiger partial charge on any atom is 0.177 e. The van der Waals surface area contributed by atoms with Crippen molar-refractivity contribution in [1.29, 1.82) is 0 Å². The summed E-state index contributed by atoms with van der Waals surface area (Å²) in [6, 6.07) is 14.1. The van der Waals surface area contributed by atoms with Gasteiger partial charge >= 0.3 is 0 Å². The standard InChI is InChI=1S/C12H9IN4/c13-10-6-7-11-14-15-12(17(11)16-10)8-9-4-2-1-3-5-9/h1-7H,8H2. The molecule has 0 saturated carbocycles. The van der Waals surface area contributed by atoms with Crippen LogP contribution in [0.3, 0.4) is 0 Å². The Bertz CT molecular complexity index is 648. The molecule has 3 aromatic rings. The van der Waals surface area contributed by atoms with E-state index in [-0.39, 0.29) is 0 Å². The van der Waals surface area contributed by atoms with Crippen molar-refractivity contribution in [3.05, 3.63) is 57.6 Å². The molecule has 84 valence electrons. The van der Waals surface area contributed by atoms with Crippen molar-refractivity contribution < 1.29 is 0 Å². The van der Waals surface area contributed by atoms with Crippen molar-refractivity contribution in [1.82, 2.24) is 19.8 Å². The molecular formula is C12H9IN4. The second-order valence-electron chi connectivity index (χ2n) is 3.70. The molecule has 17 heavy (non-hydrogen) atoms. The molecule has 0 aliphatic carbocycles. The molecule has 0 atom stereocenters. The molecule has 0 aliphatic rings. The van der Waals surface area contributed by atoms with E-state index in [1.807, 2.05) is 30.3 Å². The number of hydrogen-bond acceptors (Lipinski definition) is 3. The van der Waals surface area contributed by atoms with E-state index in [4.69, 9.17) is 0 Å². The minimum atomic E-state index is 0.745. The van der Waals surface area contributed by atoms with E-state index < -0.39 is 0 Å². The summed E-state index contributed by atoms with van der Waals surface area (Å²) in [7, 11) is 0. The molecule has 4 nitrogen and oxygen atoms in total. The van der Waals surface area contributed by atoms with E-state index in [0.717, 1.165) is 21.6 Å². The summed E-state index contributed by atoms with van der Waals surface area (Å²) in [6.07, 6.45) is 0.745. The predicted octanol–water partition coefficient (Wildman–Crippen LogP) is 2.32. The monoisotopic (exact) mass is 336 g/mol. The fraction of sp³-hybridized carbons (Fsp3) is 0.0833. The van der Waals surface area contributed by atoms with Crippen LogP contribution in [-0.2, 0) is 6.42 Å². The highest BCUT2D eigenvalue weighted by Crippen LogP contribution is 2.09. The van der Waals surface area contributed by atoms with E-state index in [9.17, 15) is 0 Å². The van der Waals surface area contributed by atoms with Crippen LogP contribution >= 0.6 is 22.6 Å². The molecule has 1 aromatic carbocycles. The van der Waals surface area contributed by atoms with Gasteiger partial charge in [0.05, 0.1) is 0 Å². The fourth-order valence-electron chi connectivity index (χ4n) is 1.70.